The summed E-state index contributed by atoms with van der Waals surface area (Å²) in [7, 11) is -3.51. The third-order valence-corrected chi connectivity index (χ3v) is 7.13. The molecule has 1 aliphatic rings. The van der Waals surface area contributed by atoms with E-state index in [1.807, 2.05) is 38.1 Å². The van der Waals surface area contributed by atoms with Crippen molar-refractivity contribution < 1.29 is 13.2 Å². The van der Waals surface area contributed by atoms with Crippen molar-refractivity contribution in [3.05, 3.63) is 59.2 Å². The molecule has 31 heavy (non-hydrogen) atoms. The monoisotopic (exact) mass is 442 g/mol. The van der Waals surface area contributed by atoms with Crippen LogP contribution in [0.5, 0.6) is 0 Å². The summed E-state index contributed by atoms with van der Waals surface area (Å²) in [5.41, 5.74) is 4.28. The van der Waals surface area contributed by atoms with E-state index in [1.54, 1.807) is 6.07 Å². The Kier molecular flexibility index (Phi) is 7.76. The van der Waals surface area contributed by atoms with Crippen molar-refractivity contribution >= 4 is 27.2 Å². The van der Waals surface area contributed by atoms with E-state index >= 15 is 0 Å². The van der Waals surface area contributed by atoms with E-state index in [9.17, 15) is 13.2 Å². The Morgan fingerprint density at radius 1 is 1.16 bits per heavy atom. The zero-order valence-electron chi connectivity index (χ0n) is 18.9. The molecule has 2 aromatic carbocycles. The molecule has 6 heteroatoms. The van der Waals surface area contributed by atoms with Gasteiger partial charge < -0.3 is 4.90 Å². The Hall–Kier alpha value is -2.34. The van der Waals surface area contributed by atoms with Crippen molar-refractivity contribution in [2.45, 2.75) is 59.4 Å². The number of anilines is 2. The first-order chi connectivity index (χ1) is 14.8. The summed E-state index contributed by atoms with van der Waals surface area (Å²) in [6, 6.07) is 13.9. The lowest BCUT2D eigenvalue weighted by Crippen LogP contribution is -2.31. The van der Waals surface area contributed by atoms with Gasteiger partial charge in [0.2, 0.25) is 10.0 Å². The summed E-state index contributed by atoms with van der Waals surface area (Å²) in [5.74, 6) is 0.145. The van der Waals surface area contributed by atoms with Gasteiger partial charge in [-0.15, -0.1) is 0 Å². The highest BCUT2D eigenvalue weighted by Gasteiger charge is 2.25. The lowest BCUT2D eigenvalue weighted by molar-refractivity contribution is 0.0979. The molecule has 1 aliphatic heterocycles. The van der Waals surface area contributed by atoms with Crippen molar-refractivity contribution in [2.24, 2.45) is 5.92 Å². The highest BCUT2D eigenvalue weighted by Crippen LogP contribution is 2.38. The molecule has 0 bridgehead atoms. The third kappa shape index (κ3) is 6.33. The van der Waals surface area contributed by atoms with Gasteiger partial charge in [-0.05, 0) is 48.4 Å². The van der Waals surface area contributed by atoms with Gasteiger partial charge in [-0.1, -0.05) is 57.5 Å². The Morgan fingerprint density at radius 2 is 1.90 bits per heavy atom. The Bertz CT molecular complexity index is 1000. The molecular formula is C25H34N2O3S. The minimum Gasteiger partial charge on any atom is -0.365 e. The fraction of sp³-hybridized carbons (Fsp3) is 0.480. The topological polar surface area (TPSA) is 66.5 Å². The highest BCUT2D eigenvalue weighted by atomic mass is 32.2. The van der Waals surface area contributed by atoms with E-state index in [4.69, 9.17) is 0 Å². The van der Waals surface area contributed by atoms with Crippen LogP contribution in [0.1, 0.15) is 67.9 Å². The van der Waals surface area contributed by atoms with Gasteiger partial charge in [0, 0.05) is 25.1 Å². The molecule has 168 valence electrons. The Balaban J connectivity index is 2.02. The number of benzene rings is 2. The first kappa shape index (κ1) is 23.3. The maximum Gasteiger partial charge on any atom is 0.233 e. The summed E-state index contributed by atoms with van der Waals surface area (Å²) in [4.78, 5) is 15.0. The van der Waals surface area contributed by atoms with E-state index in [1.165, 1.54) is 5.56 Å². The van der Waals surface area contributed by atoms with Crippen molar-refractivity contribution in [3.8, 4) is 0 Å². The predicted molar refractivity (Wildman–Crippen MR) is 128 cm³/mol. The Morgan fingerprint density at radius 3 is 2.58 bits per heavy atom. The molecule has 0 unspecified atom stereocenters. The fourth-order valence-corrected chi connectivity index (χ4v) is 5.61. The number of carbonyl (C=O) groups excluding carboxylic acids is 1. The minimum absolute atomic E-state index is 0.0168. The molecule has 0 aromatic heterocycles. The number of fused-ring (bicyclic) bond motifs is 1. The molecule has 0 amide bonds. The van der Waals surface area contributed by atoms with Gasteiger partial charge in [0.05, 0.1) is 17.1 Å². The number of sulfonamides is 1. The summed E-state index contributed by atoms with van der Waals surface area (Å²) in [6.07, 6.45) is 4.10. The van der Waals surface area contributed by atoms with Crippen LogP contribution >= 0.6 is 0 Å². The number of ketones is 1. The predicted octanol–water partition coefficient (Wildman–Crippen LogP) is 5.41. The molecule has 0 saturated heterocycles. The van der Waals surface area contributed by atoms with Crippen molar-refractivity contribution in [2.75, 3.05) is 21.9 Å². The first-order valence-electron chi connectivity index (χ1n) is 11.3. The van der Waals surface area contributed by atoms with Gasteiger partial charge in [0.15, 0.2) is 5.78 Å². The van der Waals surface area contributed by atoms with E-state index in [0.717, 1.165) is 43.5 Å². The van der Waals surface area contributed by atoms with Crippen LogP contribution in [0.3, 0.4) is 0 Å². The number of unbranched alkanes of at least 4 members (excludes halogenated alkanes) is 1. The number of aryl methyl sites for hydroxylation is 1. The minimum atomic E-state index is -3.51. The molecule has 0 fully saturated rings. The van der Waals surface area contributed by atoms with Crippen LogP contribution in [0.4, 0.5) is 11.4 Å². The van der Waals surface area contributed by atoms with Gasteiger partial charge >= 0.3 is 0 Å². The molecule has 1 heterocycles. The van der Waals surface area contributed by atoms with Crippen LogP contribution < -0.4 is 9.62 Å². The largest absolute Gasteiger partial charge is 0.365 e. The smallest absolute Gasteiger partial charge is 0.233 e. The third-order valence-electron chi connectivity index (χ3n) is 5.49. The highest BCUT2D eigenvalue weighted by molar-refractivity contribution is 7.92. The molecule has 0 spiro atoms. The lowest BCUT2D eigenvalue weighted by atomic mass is 9.94. The van der Waals surface area contributed by atoms with Crippen LogP contribution in [-0.2, 0) is 23.0 Å². The number of nitrogens with one attached hydrogen (secondary N) is 1. The number of nitrogens with zero attached hydrogens (tertiary/aromatic N) is 1. The van der Waals surface area contributed by atoms with Gasteiger partial charge in [0.1, 0.15) is 0 Å². The second kappa shape index (κ2) is 10.3. The van der Waals surface area contributed by atoms with Crippen molar-refractivity contribution in [1.29, 1.82) is 0 Å². The molecule has 5 nitrogen and oxygen atoms in total. The van der Waals surface area contributed by atoms with Crippen LogP contribution in [0.15, 0.2) is 42.5 Å². The van der Waals surface area contributed by atoms with Crippen LogP contribution in [0.25, 0.3) is 0 Å². The maximum atomic E-state index is 12.8. The van der Waals surface area contributed by atoms with E-state index in [-0.39, 0.29) is 17.5 Å². The molecule has 3 rings (SSSR count). The van der Waals surface area contributed by atoms with Gasteiger partial charge in [0.25, 0.3) is 0 Å². The average Bonchev–Trinajstić information content (AvgIpc) is 2.71. The lowest BCUT2D eigenvalue weighted by Gasteiger charge is -2.34. The first-order valence-corrected chi connectivity index (χ1v) is 12.9. The van der Waals surface area contributed by atoms with Gasteiger partial charge in [-0.25, -0.2) is 8.42 Å². The summed E-state index contributed by atoms with van der Waals surface area (Å²) in [5, 5.41) is 0. The molecule has 2 aromatic rings. The van der Waals surface area contributed by atoms with Crippen LogP contribution in [0.2, 0.25) is 0 Å². The molecule has 0 aliphatic carbocycles. The van der Waals surface area contributed by atoms with Crippen molar-refractivity contribution in [1.82, 2.24) is 0 Å². The SMILES string of the molecule is CCCCC(=O)c1cc2c(c(NS(=O)(=O)CC(C)C)c1)N(Cc1ccccc1)CCC2. The maximum absolute atomic E-state index is 12.8. The van der Waals surface area contributed by atoms with E-state index in [0.29, 0.717) is 24.2 Å². The molecule has 0 atom stereocenters. The van der Waals surface area contributed by atoms with Crippen LogP contribution in [-0.4, -0.2) is 26.5 Å². The van der Waals surface area contributed by atoms with Crippen molar-refractivity contribution in [3.63, 3.8) is 0 Å². The van der Waals surface area contributed by atoms with Gasteiger partial charge in [-0.2, -0.15) is 0 Å². The number of Topliss-reactive ketones (excluding diaryl/α,β-unsaturated/α-hetero) is 1. The molecule has 0 saturated carbocycles. The summed E-state index contributed by atoms with van der Waals surface area (Å²) < 4.78 is 28.4. The Labute approximate surface area is 186 Å². The van der Waals surface area contributed by atoms with Crippen LogP contribution in [0, 0.1) is 5.92 Å². The molecule has 1 N–H and O–H groups in total. The second-order valence-electron chi connectivity index (χ2n) is 8.85. The standard InChI is InChI=1S/C25H34N2O3S/c1-4-5-13-24(28)22-15-21-12-9-14-27(17-20-10-7-6-8-11-20)25(21)23(16-22)26-31(29,30)18-19(2)3/h6-8,10-11,15-16,19,26H,4-5,9,12-14,17-18H2,1-3H3. The van der Waals surface area contributed by atoms with Gasteiger partial charge in [-0.3, -0.25) is 9.52 Å². The molecular weight excluding hydrogens is 408 g/mol. The zero-order valence-corrected chi connectivity index (χ0v) is 19.7. The quantitative estimate of drug-likeness (QED) is 0.500. The zero-order chi connectivity index (χ0) is 22.4. The summed E-state index contributed by atoms with van der Waals surface area (Å²) in [6.45, 7) is 7.40. The molecule has 0 radical (unpaired) electrons. The fourth-order valence-electron chi connectivity index (χ4n) is 4.16. The van der Waals surface area contributed by atoms with E-state index in [2.05, 4.69) is 28.7 Å². The number of hydrogen-bond acceptors (Lipinski definition) is 4. The summed E-state index contributed by atoms with van der Waals surface area (Å²) >= 11 is 0. The number of rotatable bonds is 10. The second-order valence-corrected chi connectivity index (χ2v) is 10.6. The van der Waals surface area contributed by atoms with E-state index < -0.39 is 10.0 Å². The normalized spacial score (nSPS) is 13.9. The number of hydrogen-bond donors (Lipinski definition) is 1. The average molecular weight is 443 g/mol. The number of carbonyl (C=O) groups is 1.